The van der Waals surface area contributed by atoms with Gasteiger partial charge in [-0.25, -0.2) is 0 Å². The standard InChI is InChI=1S/C13H28N2O2/c1-6-11(7-2)14-12(17)10(4)15-13(5,8-3)9-16/h10-11,15-16H,6-9H2,1-5H3,(H,14,17). The van der Waals surface area contributed by atoms with Crippen LogP contribution in [0.3, 0.4) is 0 Å². The van der Waals surface area contributed by atoms with E-state index in [2.05, 4.69) is 24.5 Å². The number of hydrogen-bond donors (Lipinski definition) is 3. The minimum absolute atomic E-state index is 0.00632. The molecule has 0 aromatic rings. The molecule has 1 amide bonds. The zero-order valence-corrected chi connectivity index (χ0v) is 11.8. The monoisotopic (exact) mass is 244 g/mol. The normalized spacial score (nSPS) is 16.6. The van der Waals surface area contributed by atoms with Crippen molar-refractivity contribution in [3.8, 4) is 0 Å². The molecule has 17 heavy (non-hydrogen) atoms. The second-order valence-electron chi connectivity index (χ2n) is 4.96. The molecule has 0 aromatic heterocycles. The summed E-state index contributed by atoms with van der Waals surface area (Å²) in [5.41, 5.74) is -0.384. The largest absolute Gasteiger partial charge is 0.394 e. The average Bonchev–Trinajstić information content (AvgIpc) is 2.35. The summed E-state index contributed by atoms with van der Waals surface area (Å²) in [4.78, 5) is 11.9. The third kappa shape index (κ3) is 5.50. The van der Waals surface area contributed by atoms with Crippen molar-refractivity contribution in [1.82, 2.24) is 10.6 Å². The number of carbonyl (C=O) groups excluding carboxylic acids is 1. The Morgan fingerprint density at radius 2 is 1.82 bits per heavy atom. The summed E-state index contributed by atoms with van der Waals surface area (Å²) in [5.74, 6) is 0.00632. The number of aliphatic hydroxyl groups excluding tert-OH is 1. The minimum atomic E-state index is -0.384. The molecular formula is C13H28N2O2. The van der Waals surface area contributed by atoms with Crippen LogP contribution in [0.4, 0.5) is 0 Å². The number of nitrogens with one attached hydrogen (secondary N) is 2. The second kappa shape index (κ2) is 7.67. The van der Waals surface area contributed by atoms with E-state index in [-0.39, 0.29) is 30.1 Å². The van der Waals surface area contributed by atoms with Crippen LogP contribution in [0.1, 0.15) is 53.9 Å². The van der Waals surface area contributed by atoms with E-state index in [0.717, 1.165) is 19.3 Å². The zero-order valence-electron chi connectivity index (χ0n) is 11.8. The third-order valence-corrected chi connectivity index (χ3v) is 3.42. The van der Waals surface area contributed by atoms with Gasteiger partial charge in [-0.15, -0.1) is 0 Å². The van der Waals surface area contributed by atoms with Crippen LogP contribution in [0.2, 0.25) is 0 Å². The maximum Gasteiger partial charge on any atom is 0.237 e. The van der Waals surface area contributed by atoms with Crippen molar-refractivity contribution >= 4 is 5.91 Å². The van der Waals surface area contributed by atoms with E-state index in [4.69, 9.17) is 0 Å². The summed E-state index contributed by atoms with van der Waals surface area (Å²) in [6.45, 7) is 9.92. The first-order chi connectivity index (χ1) is 7.92. The summed E-state index contributed by atoms with van der Waals surface area (Å²) in [7, 11) is 0. The lowest BCUT2D eigenvalue weighted by molar-refractivity contribution is -0.124. The Bertz CT molecular complexity index is 223. The van der Waals surface area contributed by atoms with Gasteiger partial charge in [-0.2, -0.15) is 0 Å². The van der Waals surface area contributed by atoms with Crippen LogP contribution in [0.5, 0.6) is 0 Å². The maximum atomic E-state index is 11.9. The molecule has 0 rings (SSSR count). The molecule has 0 aliphatic carbocycles. The highest BCUT2D eigenvalue weighted by Gasteiger charge is 2.26. The molecule has 0 aliphatic heterocycles. The molecule has 4 heteroatoms. The molecule has 0 saturated heterocycles. The van der Waals surface area contributed by atoms with Gasteiger partial charge in [0.25, 0.3) is 0 Å². The molecule has 2 atom stereocenters. The van der Waals surface area contributed by atoms with Crippen molar-refractivity contribution in [2.24, 2.45) is 0 Å². The Morgan fingerprint density at radius 1 is 1.29 bits per heavy atom. The Kier molecular flexibility index (Phi) is 7.39. The van der Waals surface area contributed by atoms with Crippen LogP contribution in [0.25, 0.3) is 0 Å². The summed E-state index contributed by atoms with van der Waals surface area (Å²) in [6, 6.07) is -0.0403. The van der Waals surface area contributed by atoms with Gasteiger partial charge in [0.05, 0.1) is 12.6 Å². The van der Waals surface area contributed by atoms with Crippen molar-refractivity contribution in [3.05, 3.63) is 0 Å². The number of rotatable bonds is 8. The van der Waals surface area contributed by atoms with Gasteiger partial charge < -0.3 is 10.4 Å². The first-order valence-electron chi connectivity index (χ1n) is 6.61. The fourth-order valence-corrected chi connectivity index (χ4v) is 1.67. The van der Waals surface area contributed by atoms with E-state index in [1.165, 1.54) is 0 Å². The molecule has 0 saturated carbocycles. The van der Waals surface area contributed by atoms with E-state index in [9.17, 15) is 9.90 Å². The van der Waals surface area contributed by atoms with Crippen molar-refractivity contribution in [2.75, 3.05) is 6.61 Å². The Hall–Kier alpha value is -0.610. The predicted octanol–water partition coefficient (Wildman–Crippen LogP) is 1.43. The molecule has 0 bridgehead atoms. The average molecular weight is 244 g/mol. The van der Waals surface area contributed by atoms with Crippen LogP contribution >= 0.6 is 0 Å². The van der Waals surface area contributed by atoms with Crippen LogP contribution in [0, 0.1) is 0 Å². The quantitative estimate of drug-likeness (QED) is 0.605. The number of carbonyl (C=O) groups is 1. The summed E-state index contributed by atoms with van der Waals surface area (Å²) in [6.07, 6.45) is 2.67. The number of hydrogen-bond acceptors (Lipinski definition) is 3. The molecule has 0 heterocycles. The van der Waals surface area contributed by atoms with E-state index in [0.29, 0.717) is 0 Å². The molecule has 4 nitrogen and oxygen atoms in total. The van der Waals surface area contributed by atoms with Crippen LogP contribution in [-0.4, -0.2) is 35.2 Å². The maximum absolute atomic E-state index is 11.9. The lowest BCUT2D eigenvalue weighted by atomic mass is 9.99. The molecular weight excluding hydrogens is 216 g/mol. The fraction of sp³-hybridized carbons (Fsp3) is 0.923. The molecule has 3 N–H and O–H groups in total. The zero-order chi connectivity index (χ0) is 13.5. The Labute approximate surface area is 105 Å². The van der Waals surface area contributed by atoms with E-state index < -0.39 is 0 Å². The third-order valence-electron chi connectivity index (χ3n) is 3.42. The first kappa shape index (κ1) is 16.4. The van der Waals surface area contributed by atoms with Gasteiger partial charge >= 0.3 is 0 Å². The van der Waals surface area contributed by atoms with E-state index in [1.807, 2.05) is 20.8 Å². The fourth-order valence-electron chi connectivity index (χ4n) is 1.67. The number of amides is 1. The lowest BCUT2D eigenvalue weighted by Gasteiger charge is -2.31. The van der Waals surface area contributed by atoms with Crippen LogP contribution < -0.4 is 10.6 Å². The minimum Gasteiger partial charge on any atom is -0.394 e. The van der Waals surface area contributed by atoms with Gasteiger partial charge in [0.1, 0.15) is 0 Å². The molecule has 0 fully saturated rings. The molecule has 0 spiro atoms. The SMILES string of the molecule is CCC(CC)NC(=O)C(C)NC(C)(CC)CO. The van der Waals surface area contributed by atoms with E-state index in [1.54, 1.807) is 0 Å². The van der Waals surface area contributed by atoms with Crippen molar-refractivity contribution in [1.29, 1.82) is 0 Å². The Balaban J connectivity index is 4.31. The smallest absolute Gasteiger partial charge is 0.237 e. The highest BCUT2D eigenvalue weighted by Crippen LogP contribution is 2.09. The molecule has 0 aliphatic rings. The van der Waals surface area contributed by atoms with E-state index >= 15 is 0 Å². The second-order valence-corrected chi connectivity index (χ2v) is 4.96. The van der Waals surface area contributed by atoms with Crippen molar-refractivity contribution in [3.63, 3.8) is 0 Å². The van der Waals surface area contributed by atoms with Crippen molar-refractivity contribution in [2.45, 2.75) is 71.5 Å². The summed E-state index contributed by atoms with van der Waals surface area (Å²) in [5, 5.41) is 15.5. The van der Waals surface area contributed by atoms with Gasteiger partial charge in [0, 0.05) is 11.6 Å². The predicted molar refractivity (Wildman–Crippen MR) is 70.9 cm³/mol. The highest BCUT2D eigenvalue weighted by molar-refractivity contribution is 5.81. The molecule has 0 aromatic carbocycles. The molecule has 0 radical (unpaired) electrons. The lowest BCUT2D eigenvalue weighted by Crippen LogP contribution is -2.55. The van der Waals surface area contributed by atoms with Crippen molar-refractivity contribution < 1.29 is 9.90 Å². The Morgan fingerprint density at radius 3 is 2.18 bits per heavy atom. The van der Waals surface area contributed by atoms with Gasteiger partial charge in [-0.1, -0.05) is 20.8 Å². The summed E-state index contributed by atoms with van der Waals surface area (Å²) < 4.78 is 0. The van der Waals surface area contributed by atoms with Gasteiger partial charge in [-0.05, 0) is 33.1 Å². The van der Waals surface area contributed by atoms with Crippen LogP contribution in [0.15, 0.2) is 0 Å². The van der Waals surface area contributed by atoms with Gasteiger partial charge in [0.15, 0.2) is 0 Å². The molecule has 102 valence electrons. The van der Waals surface area contributed by atoms with Crippen LogP contribution in [-0.2, 0) is 4.79 Å². The van der Waals surface area contributed by atoms with Gasteiger partial charge in [0.2, 0.25) is 5.91 Å². The topological polar surface area (TPSA) is 61.4 Å². The first-order valence-corrected chi connectivity index (χ1v) is 6.61. The number of aliphatic hydroxyl groups is 1. The molecule has 2 unspecified atom stereocenters. The summed E-state index contributed by atoms with van der Waals surface area (Å²) >= 11 is 0. The highest BCUT2D eigenvalue weighted by atomic mass is 16.3. The van der Waals surface area contributed by atoms with Gasteiger partial charge in [-0.3, -0.25) is 10.1 Å².